The summed E-state index contributed by atoms with van der Waals surface area (Å²) in [4.78, 5) is 41.4. The molecule has 1 saturated carbocycles. The Kier molecular flexibility index (Phi) is 12.2. The Hall–Kier alpha value is -3.14. The van der Waals surface area contributed by atoms with E-state index in [0.29, 0.717) is 11.2 Å². The molecule has 3 N–H and O–H groups in total. The van der Waals surface area contributed by atoms with Gasteiger partial charge in [0.25, 0.3) is 0 Å². The number of hydrogen-bond donors (Lipinski definition) is 2. The molecule has 0 aromatic carbocycles. The lowest BCUT2D eigenvalue weighted by Crippen LogP contribution is -2.42. The summed E-state index contributed by atoms with van der Waals surface area (Å²) in [6.45, 7) is 7.46. The van der Waals surface area contributed by atoms with Gasteiger partial charge < -0.3 is 29.8 Å². The molecule has 0 radical (unpaired) electrons. The highest BCUT2D eigenvalue weighted by atomic mass is 31.2. The van der Waals surface area contributed by atoms with E-state index < -0.39 is 81.2 Å². The molecule has 0 spiro atoms. The number of hydrogen-bond acceptors (Lipinski definition) is 15. The molecule has 0 amide bonds. The van der Waals surface area contributed by atoms with Crippen molar-refractivity contribution in [1.82, 2.24) is 14.6 Å². The predicted molar refractivity (Wildman–Crippen MR) is 169 cm³/mol. The Morgan fingerprint density at radius 1 is 1.10 bits per heavy atom. The van der Waals surface area contributed by atoms with E-state index in [-0.39, 0.29) is 18.2 Å². The van der Waals surface area contributed by atoms with Crippen LogP contribution in [0, 0.1) is 17.3 Å². The first-order valence-electron chi connectivity index (χ1n) is 16.1. The maximum absolute atomic E-state index is 13.7. The van der Waals surface area contributed by atoms with E-state index >= 15 is 0 Å². The number of carbonyl (C=O) groups excluding carboxylic acids is 3. The lowest BCUT2D eigenvalue weighted by Gasteiger charge is -2.28. The Labute approximate surface area is 279 Å². The van der Waals surface area contributed by atoms with E-state index in [4.69, 9.17) is 38.3 Å². The summed E-state index contributed by atoms with van der Waals surface area (Å²) in [6, 6.07) is 3.31. The third-order valence-corrected chi connectivity index (χ3v) is 9.68. The highest BCUT2D eigenvalue weighted by Gasteiger charge is 2.56. The average molecular weight is 699 g/mol. The van der Waals surface area contributed by atoms with Crippen LogP contribution in [0.4, 0.5) is 5.82 Å². The van der Waals surface area contributed by atoms with Gasteiger partial charge in [0.2, 0.25) is 13.6 Å². The lowest BCUT2D eigenvalue weighted by molar-refractivity contribution is -0.162. The van der Waals surface area contributed by atoms with Gasteiger partial charge in [0.05, 0.1) is 23.6 Å². The molecule has 1 unspecified atom stereocenters. The minimum absolute atomic E-state index is 0.160. The van der Waals surface area contributed by atoms with E-state index in [9.17, 15) is 24.1 Å². The van der Waals surface area contributed by atoms with Crippen molar-refractivity contribution >= 4 is 37.1 Å². The fourth-order valence-corrected chi connectivity index (χ4v) is 6.47. The van der Waals surface area contributed by atoms with E-state index in [0.717, 1.165) is 32.1 Å². The van der Waals surface area contributed by atoms with Crippen LogP contribution in [0.25, 0.3) is 5.52 Å². The van der Waals surface area contributed by atoms with Crippen molar-refractivity contribution in [2.75, 3.05) is 25.9 Å². The number of nitrogens with two attached hydrogens (primary N) is 1. The number of esters is 3. The van der Waals surface area contributed by atoms with Gasteiger partial charge in [0, 0.05) is 6.42 Å². The fraction of sp³-hybridized carbons (Fsp3) is 0.710. The fourth-order valence-electron chi connectivity index (χ4n) is 5.56. The van der Waals surface area contributed by atoms with E-state index in [1.165, 1.54) is 10.8 Å². The minimum atomic E-state index is -4.62. The largest absolute Gasteiger partial charge is 0.480 e. The molecule has 48 heavy (non-hydrogen) atoms. The van der Waals surface area contributed by atoms with Crippen LogP contribution >= 0.6 is 7.82 Å². The number of aromatic nitrogens is 3. The zero-order valence-electron chi connectivity index (χ0n) is 28.3. The van der Waals surface area contributed by atoms with Crippen LogP contribution < -0.4 is 5.73 Å². The van der Waals surface area contributed by atoms with Crippen molar-refractivity contribution in [2.45, 2.75) is 104 Å². The molecule has 0 bridgehead atoms. The molecule has 2 fully saturated rings. The van der Waals surface area contributed by atoms with Crippen LogP contribution in [0.2, 0.25) is 0 Å². The molecule has 1 saturated heterocycles. The van der Waals surface area contributed by atoms with E-state index in [1.54, 1.807) is 53.7 Å². The zero-order chi connectivity index (χ0) is 35.3. The Bertz CT molecular complexity index is 1490. The van der Waals surface area contributed by atoms with Gasteiger partial charge in [-0.15, -0.1) is 0 Å². The van der Waals surface area contributed by atoms with Gasteiger partial charge in [0.1, 0.15) is 29.7 Å². The van der Waals surface area contributed by atoms with Gasteiger partial charge in [0.15, 0.2) is 11.9 Å². The monoisotopic (exact) mass is 698 g/mol. The molecular weight excluding hydrogens is 651 g/mol. The number of ether oxygens (including phenoxy) is 4. The zero-order valence-corrected chi connectivity index (χ0v) is 29.2. The molecule has 3 heterocycles. The Morgan fingerprint density at radius 3 is 2.42 bits per heavy atom. The molecule has 2 aliphatic rings. The number of carbonyl (C=O) groups is 3. The van der Waals surface area contributed by atoms with Crippen molar-refractivity contribution in [3.63, 3.8) is 0 Å². The quantitative estimate of drug-likeness (QED) is 0.123. The SMILES string of the molecule is CC(C)C(=O)OCOP(=O)(OCOC(=O)C(C)(C)C)OC[C@H]1O[C@@](C)(c2ccc3c(N)ncnn23)[C@H](O)[C@@H]1OC(=O)CC1CCCCC1. The summed E-state index contributed by atoms with van der Waals surface area (Å²) in [5.74, 6) is -1.94. The number of phosphoric ester groups is 1. The van der Waals surface area contributed by atoms with Crippen molar-refractivity contribution < 1.29 is 56.6 Å². The summed E-state index contributed by atoms with van der Waals surface area (Å²) in [5.41, 5.74) is 4.45. The molecule has 5 atom stereocenters. The molecule has 2 aromatic rings. The Morgan fingerprint density at radius 2 is 1.77 bits per heavy atom. The number of nitrogen functional groups attached to an aromatic ring is 1. The second kappa shape index (κ2) is 15.6. The third kappa shape index (κ3) is 9.10. The molecule has 4 rings (SSSR count). The standard InChI is InChI=1S/C31H47N4O12P/c1-19(2)28(38)41-17-44-48(40,45-18-42-29(39)30(3,4)5)43-15-22-25(46-24(36)14-20-10-8-7-9-11-20)26(37)31(6,47-22)23-13-12-21-27(32)33-16-34-35(21)23/h12-13,16,19-20,22,25-26,37H,7-11,14-15,17-18H2,1-6H3,(H2,32,33,34)/t22-,25-,26-,31+,48?/m1/s1. The highest BCUT2D eigenvalue weighted by molar-refractivity contribution is 7.48. The minimum Gasteiger partial charge on any atom is -0.457 e. The summed E-state index contributed by atoms with van der Waals surface area (Å²) in [5, 5.41) is 16.0. The lowest BCUT2D eigenvalue weighted by atomic mass is 9.87. The van der Waals surface area contributed by atoms with Crippen LogP contribution in [-0.4, -0.2) is 76.1 Å². The van der Waals surface area contributed by atoms with Gasteiger partial charge in [-0.25, -0.2) is 23.1 Å². The van der Waals surface area contributed by atoms with Crippen LogP contribution in [0.1, 0.15) is 85.8 Å². The normalized spacial score (nSPS) is 24.8. The molecule has 16 nitrogen and oxygen atoms in total. The van der Waals surface area contributed by atoms with Crippen LogP contribution in [-0.2, 0) is 57.1 Å². The second-order valence-electron chi connectivity index (χ2n) is 13.6. The molecule has 2 aromatic heterocycles. The first-order valence-corrected chi connectivity index (χ1v) is 17.5. The smallest absolute Gasteiger partial charge is 0.457 e. The van der Waals surface area contributed by atoms with Crippen molar-refractivity contribution in [3.05, 3.63) is 24.2 Å². The van der Waals surface area contributed by atoms with Crippen LogP contribution in [0.3, 0.4) is 0 Å². The maximum atomic E-state index is 13.7. The van der Waals surface area contributed by atoms with E-state index in [2.05, 4.69) is 10.1 Å². The molecular formula is C31H47N4O12P. The number of phosphoric acid groups is 1. The summed E-state index contributed by atoms with van der Waals surface area (Å²) in [6.07, 6.45) is 2.45. The van der Waals surface area contributed by atoms with Crippen molar-refractivity contribution in [2.24, 2.45) is 17.3 Å². The maximum Gasteiger partial charge on any atom is 0.480 e. The number of anilines is 1. The van der Waals surface area contributed by atoms with Crippen LogP contribution in [0.15, 0.2) is 18.5 Å². The number of aliphatic hydroxyl groups is 1. The number of rotatable bonds is 14. The third-order valence-electron chi connectivity index (χ3n) is 8.37. The summed E-state index contributed by atoms with van der Waals surface area (Å²) >= 11 is 0. The molecule has 1 aliphatic heterocycles. The summed E-state index contributed by atoms with van der Waals surface area (Å²) in [7, 11) is -4.62. The molecule has 268 valence electrons. The Balaban J connectivity index is 1.56. The summed E-state index contributed by atoms with van der Waals surface area (Å²) < 4.78 is 53.5. The average Bonchev–Trinajstić information content (AvgIpc) is 3.57. The van der Waals surface area contributed by atoms with Gasteiger partial charge >= 0.3 is 25.7 Å². The topological polar surface area (TPSA) is 209 Å². The molecule has 1 aliphatic carbocycles. The molecule has 17 heteroatoms. The second-order valence-corrected chi connectivity index (χ2v) is 15.2. The van der Waals surface area contributed by atoms with Crippen molar-refractivity contribution in [1.29, 1.82) is 0 Å². The van der Waals surface area contributed by atoms with Gasteiger partial charge in [-0.1, -0.05) is 33.1 Å². The van der Waals surface area contributed by atoms with Gasteiger partial charge in [-0.2, -0.15) is 5.10 Å². The number of nitrogens with zero attached hydrogens (tertiary/aromatic N) is 3. The first kappa shape index (κ1) is 37.7. The number of fused-ring (bicyclic) bond motifs is 1. The van der Waals surface area contributed by atoms with Crippen LogP contribution in [0.5, 0.6) is 0 Å². The first-order chi connectivity index (χ1) is 22.5. The number of aliphatic hydroxyl groups excluding tert-OH is 1. The van der Waals surface area contributed by atoms with E-state index in [1.807, 2.05) is 0 Å². The van der Waals surface area contributed by atoms with Crippen molar-refractivity contribution in [3.8, 4) is 0 Å². The van der Waals surface area contributed by atoms with Gasteiger partial charge in [-0.3, -0.25) is 18.9 Å². The predicted octanol–water partition coefficient (Wildman–Crippen LogP) is 4.03. The highest BCUT2D eigenvalue weighted by Crippen LogP contribution is 2.51. The van der Waals surface area contributed by atoms with Gasteiger partial charge in [-0.05, 0) is 58.6 Å².